The summed E-state index contributed by atoms with van der Waals surface area (Å²) in [6.45, 7) is 5.12. The normalized spacial score (nSPS) is 10.9. The Labute approximate surface area is 232 Å². The van der Waals surface area contributed by atoms with Crippen molar-refractivity contribution in [1.29, 1.82) is 0 Å². The van der Waals surface area contributed by atoms with E-state index in [2.05, 4.69) is 21.6 Å². The molecule has 0 saturated carbocycles. The zero-order valence-corrected chi connectivity index (χ0v) is 22.6. The number of hydrogen-bond acceptors (Lipinski definition) is 6. The fourth-order valence-electron chi connectivity index (χ4n) is 3.92. The molecule has 6 nitrogen and oxygen atoms in total. The van der Waals surface area contributed by atoms with Crippen LogP contribution in [0.1, 0.15) is 42.5 Å². The van der Waals surface area contributed by atoms with E-state index in [1.807, 2.05) is 30.0 Å². The molecule has 0 aliphatic heterocycles. The van der Waals surface area contributed by atoms with E-state index in [-0.39, 0.29) is 5.75 Å². The summed E-state index contributed by atoms with van der Waals surface area (Å²) in [6.07, 6.45) is 2.13. The Balaban J connectivity index is 0.000000547. The lowest BCUT2D eigenvalue weighted by Crippen LogP contribution is -2.27. The van der Waals surface area contributed by atoms with Crippen LogP contribution in [0, 0.1) is 0 Å². The predicted octanol–water partition coefficient (Wildman–Crippen LogP) is 7.24. The molecule has 0 fully saturated rings. The number of phenolic OH excluding ortho intramolecular Hbond substituents is 2. The topological polar surface area (TPSA) is 78.7 Å². The molecule has 0 radical (unpaired) electrons. The Morgan fingerprint density at radius 1 is 0.800 bits per heavy atom. The number of alkyl halides is 3. The number of aromatic hydroxyl groups is 2. The van der Waals surface area contributed by atoms with Gasteiger partial charge in [0.2, 0.25) is 5.95 Å². The molecule has 0 atom stereocenters. The number of nitrogens with zero attached hydrogens (tertiary/aromatic N) is 3. The molecule has 0 amide bonds. The lowest BCUT2D eigenvalue weighted by molar-refractivity contribution is -0.274. The maximum atomic E-state index is 12.4. The average molecular weight is 554 g/mol. The summed E-state index contributed by atoms with van der Waals surface area (Å²) < 4.78 is 41.3. The highest BCUT2D eigenvalue weighted by molar-refractivity contribution is 5.38. The number of halogens is 3. The molecule has 212 valence electrons. The molecule has 40 heavy (non-hydrogen) atoms. The first kappa shape index (κ1) is 30.3. The molecule has 2 N–H and O–H groups in total. The molecule has 4 rings (SSSR count). The molecule has 9 heteroatoms. The van der Waals surface area contributed by atoms with Gasteiger partial charge in [0, 0.05) is 25.5 Å². The number of aromatic nitrogens is 2. The second-order valence-corrected chi connectivity index (χ2v) is 9.16. The SMILES string of the molecule is CCCc1cc(CCN(Cc2ccc(OC(F)(F)F)cc2)c2ncc(CC)cn2)ccc1O.Oc1ccccc1. The van der Waals surface area contributed by atoms with E-state index in [4.69, 9.17) is 5.11 Å². The van der Waals surface area contributed by atoms with E-state index in [9.17, 15) is 18.3 Å². The van der Waals surface area contributed by atoms with Crippen molar-refractivity contribution in [2.45, 2.75) is 52.4 Å². The van der Waals surface area contributed by atoms with Gasteiger partial charge in [0.05, 0.1) is 0 Å². The Morgan fingerprint density at radius 3 is 2.00 bits per heavy atom. The lowest BCUT2D eigenvalue weighted by Gasteiger charge is -2.23. The van der Waals surface area contributed by atoms with Gasteiger partial charge in [-0.2, -0.15) is 0 Å². The Morgan fingerprint density at radius 2 is 1.45 bits per heavy atom. The van der Waals surface area contributed by atoms with Crippen molar-refractivity contribution in [1.82, 2.24) is 9.97 Å². The van der Waals surface area contributed by atoms with E-state index in [0.717, 1.165) is 41.5 Å². The van der Waals surface area contributed by atoms with E-state index >= 15 is 0 Å². The first-order chi connectivity index (χ1) is 19.2. The van der Waals surface area contributed by atoms with Crippen molar-refractivity contribution in [3.63, 3.8) is 0 Å². The molecule has 1 heterocycles. The van der Waals surface area contributed by atoms with Gasteiger partial charge < -0.3 is 19.8 Å². The van der Waals surface area contributed by atoms with Crippen LogP contribution >= 0.6 is 0 Å². The standard InChI is InChI=1S/C25H28F3N3O2.C6H6O/c1-3-5-21-14-19(8-11-23(21)32)12-13-31(24-29-15-18(4-2)16-30-24)17-20-6-9-22(10-7-20)33-25(26,27)28;7-6-4-2-1-3-5-6/h6-11,14-16,32H,3-5,12-13,17H2,1-2H3;1-5,7H. The molecule has 1 aromatic heterocycles. The van der Waals surface area contributed by atoms with Crippen molar-refractivity contribution < 1.29 is 28.1 Å². The number of hydrogen-bond donors (Lipinski definition) is 2. The van der Waals surface area contributed by atoms with Crippen molar-refractivity contribution in [3.8, 4) is 17.2 Å². The van der Waals surface area contributed by atoms with Crippen LogP contribution in [0.4, 0.5) is 19.1 Å². The Hall–Kier alpha value is -4.27. The zero-order chi connectivity index (χ0) is 29.0. The Kier molecular flexibility index (Phi) is 11.2. The highest BCUT2D eigenvalue weighted by atomic mass is 19.4. The largest absolute Gasteiger partial charge is 0.573 e. The van der Waals surface area contributed by atoms with Crippen LogP contribution in [-0.4, -0.2) is 33.1 Å². The van der Waals surface area contributed by atoms with Gasteiger partial charge in [-0.3, -0.25) is 0 Å². The minimum atomic E-state index is -4.72. The monoisotopic (exact) mass is 553 g/mol. The second-order valence-electron chi connectivity index (χ2n) is 9.16. The fraction of sp³-hybridized carbons (Fsp3) is 0.290. The quantitative estimate of drug-likeness (QED) is 0.216. The highest BCUT2D eigenvalue weighted by Gasteiger charge is 2.31. The van der Waals surface area contributed by atoms with E-state index in [1.165, 1.54) is 12.1 Å². The lowest BCUT2D eigenvalue weighted by atomic mass is 10.0. The Bertz CT molecular complexity index is 1300. The molecule has 0 aliphatic rings. The molecular formula is C31H34F3N3O3. The summed E-state index contributed by atoms with van der Waals surface area (Å²) in [7, 11) is 0. The minimum Gasteiger partial charge on any atom is -0.508 e. The summed E-state index contributed by atoms with van der Waals surface area (Å²) >= 11 is 0. The van der Waals surface area contributed by atoms with E-state index < -0.39 is 6.36 Å². The maximum Gasteiger partial charge on any atom is 0.573 e. The molecule has 3 aromatic carbocycles. The third-order valence-electron chi connectivity index (χ3n) is 6.00. The van der Waals surface area contributed by atoms with Gasteiger partial charge in [-0.15, -0.1) is 13.2 Å². The summed E-state index contributed by atoms with van der Waals surface area (Å²) in [4.78, 5) is 11.0. The van der Waals surface area contributed by atoms with Crippen molar-refractivity contribution in [2.24, 2.45) is 0 Å². The number of rotatable bonds is 10. The van der Waals surface area contributed by atoms with Crippen LogP contribution in [0.15, 0.2) is 85.2 Å². The van der Waals surface area contributed by atoms with Gasteiger partial charge in [-0.1, -0.05) is 62.7 Å². The van der Waals surface area contributed by atoms with Gasteiger partial charge in [0.15, 0.2) is 0 Å². The zero-order valence-electron chi connectivity index (χ0n) is 22.6. The third-order valence-corrected chi connectivity index (χ3v) is 6.00. The number of ether oxygens (including phenoxy) is 1. The predicted molar refractivity (Wildman–Crippen MR) is 149 cm³/mol. The molecule has 4 aromatic rings. The third kappa shape index (κ3) is 10.1. The summed E-state index contributed by atoms with van der Waals surface area (Å²) in [5.41, 5.74) is 3.84. The van der Waals surface area contributed by atoms with E-state index in [0.29, 0.717) is 37.0 Å². The average Bonchev–Trinajstić information content (AvgIpc) is 2.94. The van der Waals surface area contributed by atoms with Crippen molar-refractivity contribution >= 4 is 5.95 Å². The second kappa shape index (κ2) is 14.8. The number of benzene rings is 3. The van der Waals surface area contributed by atoms with Crippen molar-refractivity contribution in [3.05, 3.63) is 107 Å². The van der Waals surface area contributed by atoms with Gasteiger partial charge in [0.1, 0.15) is 17.2 Å². The van der Waals surface area contributed by atoms with Crippen LogP contribution in [0.3, 0.4) is 0 Å². The number of anilines is 1. The molecule has 0 spiro atoms. The molecule has 0 unspecified atom stereocenters. The fourth-order valence-corrected chi connectivity index (χ4v) is 3.92. The van der Waals surface area contributed by atoms with Crippen molar-refractivity contribution in [2.75, 3.05) is 11.4 Å². The van der Waals surface area contributed by atoms with Crippen LogP contribution in [-0.2, 0) is 25.8 Å². The molecule has 0 bridgehead atoms. The molecule has 0 saturated heterocycles. The van der Waals surface area contributed by atoms with Crippen LogP contribution in [0.25, 0.3) is 0 Å². The number of para-hydroxylation sites is 1. The number of aryl methyl sites for hydroxylation is 2. The van der Waals surface area contributed by atoms with Gasteiger partial charge >= 0.3 is 6.36 Å². The molecule has 0 aliphatic carbocycles. The number of phenols is 2. The van der Waals surface area contributed by atoms with Crippen LogP contribution < -0.4 is 9.64 Å². The minimum absolute atomic E-state index is 0.256. The smallest absolute Gasteiger partial charge is 0.508 e. The first-order valence-corrected chi connectivity index (χ1v) is 13.1. The summed E-state index contributed by atoms with van der Waals surface area (Å²) in [5, 5.41) is 18.7. The molecular weight excluding hydrogens is 519 g/mol. The maximum absolute atomic E-state index is 12.4. The highest BCUT2D eigenvalue weighted by Crippen LogP contribution is 2.24. The summed E-state index contributed by atoms with van der Waals surface area (Å²) in [6, 6.07) is 20.2. The van der Waals surface area contributed by atoms with Gasteiger partial charge in [-0.25, -0.2) is 9.97 Å². The van der Waals surface area contributed by atoms with Crippen LogP contribution in [0.2, 0.25) is 0 Å². The van der Waals surface area contributed by atoms with Crippen LogP contribution in [0.5, 0.6) is 17.2 Å². The van der Waals surface area contributed by atoms with E-state index in [1.54, 1.807) is 54.9 Å². The first-order valence-electron chi connectivity index (χ1n) is 13.1. The summed E-state index contributed by atoms with van der Waals surface area (Å²) in [5.74, 6) is 0.920. The van der Waals surface area contributed by atoms with Gasteiger partial charge in [-0.05, 0) is 71.8 Å². The van der Waals surface area contributed by atoms with Gasteiger partial charge in [0.25, 0.3) is 0 Å².